The number of rotatable bonds is 2. The van der Waals surface area contributed by atoms with Gasteiger partial charge in [0.25, 0.3) is 10.0 Å². The van der Waals surface area contributed by atoms with Gasteiger partial charge in [0.05, 0.1) is 33.7 Å². The number of hydrogen-bond acceptors (Lipinski definition) is 4. The minimum Gasteiger partial charge on any atom is -0.359 e. The van der Waals surface area contributed by atoms with Gasteiger partial charge in [0.15, 0.2) is 0 Å². The molecule has 0 aliphatic carbocycles. The van der Waals surface area contributed by atoms with Gasteiger partial charge in [-0.05, 0) is 87.4 Å². The average Bonchev–Trinajstić information content (AvgIpc) is 3.35. The van der Waals surface area contributed by atoms with Gasteiger partial charge in [0.1, 0.15) is 0 Å². The molecule has 0 fully saturated rings. The lowest BCUT2D eigenvalue weighted by molar-refractivity contribution is 0.588. The van der Waals surface area contributed by atoms with E-state index in [1.54, 1.807) is 62.4 Å². The maximum absolute atomic E-state index is 12.9. The van der Waals surface area contributed by atoms with E-state index in [4.69, 9.17) is 10.5 Å². The molecule has 2 heterocycles. The Balaban J connectivity index is 0.000000189. The van der Waals surface area contributed by atoms with Crippen molar-refractivity contribution in [1.29, 1.82) is 10.5 Å². The first-order chi connectivity index (χ1) is 16.6. The van der Waals surface area contributed by atoms with Crippen LogP contribution in [0, 0.1) is 50.4 Å². The summed E-state index contributed by atoms with van der Waals surface area (Å²) in [6.45, 7) is 7.53. The van der Waals surface area contributed by atoms with E-state index in [9.17, 15) is 8.42 Å². The monoisotopic (exact) mass is 480 g/mol. The van der Waals surface area contributed by atoms with Crippen LogP contribution in [0.4, 0.5) is 0 Å². The summed E-state index contributed by atoms with van der Waals surface area (Å²) in [5.41, 5.74) is 6.55. The average molecular weight is 481 g/mol. The van der Waals surface area contributed by atoms with E-state index in [0.29, 0.717) is 16.8 Å². The summed E-state index contributed by atoms with van der Waals surface area (Å²) in [5.74, 6) is 0. The fourth-order valence-electron chi connectivity index (χ4n) is 4.17. The lowest BCUT2D eigenvalue weighted by Gasteiger charge is -2.10. The summed E-state index contributed by atoms with van der Waals surface area (Å²) in [6, 6.07) is 23.9. The smallest absolute Gasteiger partial charge is 0.268 e. The van der Waals surface area contributed by atoms with Crippen LogP contribution < -0.4 is 0 Å². The van der Waals surface area contributed by atoms with E-state index < -0.39 is 10.0 Å². The number of hydrogen-bond donors (Lipinski definition) is 1. The minimum absolute atomic E-state index is 0.248. The second-order valence-electron chi connectivity index (χ2n) is 8.52. The fourth-order valence-corrected chi connectivity index (χ4v) is 5.73. The summed E-state index contributed by atoms with van der Waals surface area (Å²) in [6.07, 6.45) is 0. The van der Waals surface area contributed by atoms with Crippen molar-refractivity contribution in [1.82, 2.24) is 8.96 Å². The highest BCUT2D eigenvalue weighted by atomic mass is 32.2. The molecular weight excluding hydrogens is 456 g/mol. The Morgan fingerprint density at radius 2 is 1.37 bits per heavy atom. The molecule has 5 rings (SSSR count). The van der Waals surface area contributed by atoms with Gasteiger partial charge in [0.2, 0.25) is 0 Å². The number of fused-ring (bicyclic) bond motifs is 2. The molecule has 0 aliphatic heterocycles. The number of nitrogens with one attached hydrogen (secondary N) is 1. The van der Waals surface area contributed by atoms with Crippen molar-refractivity contribution in [3.05, 3.63) is 100 Å². The first-order valence-electron chi connectivity index (χ1n) is 11.0. The van der Waals surface area contributed by atoms with Crippen molar-refractivity contribution in [2.45, 2.75) is 32.6 Å². The van der Waals surface area contributed by atoms with Gasteiger partial charge in [-0.25, -0.2) is 12.4 Å². The van der Waals surface area contributed by atoms with E-state index >= 15 is 0 Å². The molecular formula is C28H24N4O2S. The van der Waals surface area contributed by atoms with Crippen LogP contribution in [0.2, 0.25) is 0 Å². The van der Waals surface area contributed by atoms with Crippen LogP contribution in [0.15, 0.2) is 71.6 Å². The van der Waals surface area contributed by atoms with Gasteiger partial charge in [-0.2, -0.15) is 10.5 Å². The van der Waals surface area contributed by atoms with Crippen molar-refractivity contribution in [2.24, 2.45) is 0 Å². The topological polar surface area (TPSA) is 102 Å². The summed E-state index contributed by atoms with van der Waals surface area (Å²) in [7, 11) is -3.66. The minimum atomic E-state index is -3.66. The standard InChI is InChI=1S/C17H14N2O2S.C11H10N2/c1-12-8-17-14(10-15(12)11-18)9-13(2)19(17)22(20,21)16-6-4-3-5-7-16;1-7-3-11-9(4-8(2)13-11)5-10(7)6-12/h3-10H,1-2H3;3-5,13H,1-2H3. The Bertz CT molecular complexity index is 1760. The molecule has 174 valence electrons. The number of aromatic amines is 1. The number of nitriles is 2. The molecule has 0 unspecified atom stereocenters. The van der Waals surface area contributed by atoms with Crippen LogP contribution in [-0.4, -0.2) is 17.4 Å². The highest BCUT2D eigenvalue weighted by Gasteiger charge is 2.21. The maximum Gasteiger partial charge on any atom is 0.268 e. The van der Waals surface area contributed by atoms with E-state index in [1.807, 2.05) is 26.0 Å². The predicted molar refractivity (Wildman–Crippen MR) is 138 cm³/mol. The Morgan fingerprint density at radius 3 is 2.00 bits per heavy atom. The number of aryl methyl sites for hydroxylation is 4. The molecule has 3 aromatic carbocycles. The zero-order valence-corrected chi connectivity index (χ0v) is 20.7. The molecule has 0 atom stereocenters. The Hall–Kier alpha value is -4.33. The molecule has 0 radical (unpaired) electrons. The first kappa shape index (κ1) is 23.8. The first-order valence-corrected chi connectivity index (χ1v) is 12.4. The van der Waals surface area contributed by atoms with Crippen LogP contribution >= 0.6 is 0 Å². The maximum atomic E-state index is 12.9. The van der Waals surface area contributed by atoms with Gasteiger partial charge in [-0.1, -0.05) is 18.2 Å². The lowest BCUT2D eigenvalue weighted by Crippen LogP contribution is -2.14. The van der Waals surface area contributed by atoms with Crippen molar-refractivity contribution < 1.29 is 8.42 Å². The Morgan fingerprint density at radius 1 is 0.771 bits per heavy atom. The van der Waals surface area contributed by atoms with Gasteiger partial charge < -0.3 is 4.98 Å². The van der Waals surface area contributed by atoms with E-state index in [1.165, 1.54) is 3.97 Å². The van der Waals surface area contributed by atoms with Crippen LogP contribution in [0.3, 0.4) is 0 Å². The van der Waals surface area contributed by atoms with Crippen molar-refractivity contribution >= 4 is 31.8 Å². The number of nitrogens with zero attached hydrogens (tertiary/aromatic N) is 3. The van der Waals surface area contributed by atoms with Crippen molar-refractivity contribution in [3.63, 3.8) is 0 Å². The summed E-state index contributed by atoms with van der Waals surface area (Å²) >= 11 is 0. The second-order valence-corrected chi connectivity index (χ2v) is 10.3. The highest BCUT2D eigenvalue weighted by molar-refractivity contribution is 7.90. The van der Waals surface area contributed by atoms with Gasteiger partial charge >= 0.3 is 0 Å². The van der Waals surface area contributed by atoms with Crippen LogP contribution in [-0.2, 0) is 10.0 Å². The Labute approximate surface area is 204 Å². The molecule has 7 heteroatoms. The van der Waals surface area contributed by atoms with Gasteiger partial charge in [-0.15, -0.1) is 0 Å². The zero-order chi connectivity index (χ0) is 25.3. The Kier molecular flexibility index (Phi) is 6.22. The molecule has 0 spiro atoms. The summed E-state index contributed by atoms with van der Waals surface area (Å²) in [5, 5.41) is 19.8. The van der Waals surface area contributed by atoms with Crippen LogP contribution in [0.5, 0.6) is 0 Å². The zero-order valence-electron chi connectivity index (χ0n) is 19.9. The van der Waals surface area contributed by atoms with Crippen molar-refractivity contribution in [2.75, 3.05) is 0 Å². The third-order valence-electron chi connectivity index (χ3n) is 5.90. The SMILES string of the molecule is Cc1cc2c(cc1C#N)cc(C)n2S(=O)(=O)c1ccccc1.Cc1cc2cc(C#N)c(C)cc2[nH]1. The molecule has 0 saturated heterocycles. The number of benzene rings is 3. The molecule has 0 amide bonds. The molecule has 0 saturated carbocycles. The quantitative estimate of drug-likeness (QED) is 0.333. The second kappa shape index (κ2) is 9.13. The lowest BCUT2D eigenvalue weighted by atomic mass is 10.1. The molecule has 6 nitrogen and oxygen atoms in total. The largest absolute Gasteiger partial charge is 0.359 e. The van der Waals surface area contributed by atoms with Crippen LogP contribution in [0.25, 0.3) is 21.8 Å². The van der Waals surface area contributed by atoms with E-state index in [0.717, 1.165) is 38.7 Å². The van der Waals surface area contributed by atoms with E-state index in [-0.39, 0.29) is 4.90 Å². The fraction of sp³-hybridized carbons (Fsp3) is 0.143. The highest BCUT2D eigenvalue weighted by Crippen LogP contribution is 2.27. The number of H-pyrrole nitrogens is 1. The molecule has 0 bridgehead atoms. The molecule has 0 aliphatic rings. The third-order valence-corrected chi connectivity index (χ3v) is 7.73. The molecule has 35 heavy (non-hydrogen) atoms. The van der Waals surface area contributed by atoms with Gasteiger partial charge in [-0.3, -0.25) is 0 Å². The normalized spacial score (nSPS) is 11.0. The molecule has 5 aromatic rings. The number of aromatic nitrogens is 2. The molecule has 1 N–H and O–H groups in total. The van der Waals surface area contributed by atoms with Gasteiger partial charge in [0, 0.05) is 27.7 Å². The van der Waals surface area contributed by atoms with Crippen molar-refractivity contribution in [3.8, 4) is 12.1 Å². The van der Waals surface area contributed by atoms with Crippen LogP contribution in [0.1, 0.15) is 33.6 Å². The molecule has 2 aromatic heterocycles. The predicted octanol–water partition coefficient (Wildman–Crippen LogP) is 6.02. The summed E-state index contributed by atoms with van der Waals surface area (Å²) < 4.78 is 27.1. The van der Waals surface area contributed by atoms with E-state index in [2.05, 4.69) is 23.2 Å². The summed E-state index contributed by atoms with van der Waals surface area (Å²) in [4.78, 5) is 3.49. The third kappa shape index (κ3) is 4.42.